The Morgan fingerprint density at radius 1 is 1.89 bits per heavy atom. The van der Waals surface area contributed by atoms with E-state index >= 15 is 0 Å². The first-order valence-electron chi connectivity index (χ1n) is 3.01. The molecule has 0 spiro atoms. The Hall–Kier alpha value is -0.570. The molecule has 0 aliphatic heterocycles. The van der Waals surface area contributed by atoms with Gasteiger partial charge in [-0.15, -0.1) is 0 Å². The fourth-order valence-corrected chi connectivity index (χ4v) is 0.631. The van der Waals surface area contributed by atoms with Gasteiger partial charge in [0.05, 0.1) is 7.11 Å². The lowest BCUT2D eigenvalue weighted by Gasteiger charge is -2.09. The molecular weight excluding hydrogens is 118 g/mol. The first-order chi connectivity index (χ1) is 4.26. The fourth-order valence-electron chi connectivity index (χ4n) is 0.631. The number of nitrogens with one attached hydrogen (secondary N) is 1. The Morgan fingerprint density at radius 2 is 2.44 bits per heavy atom. The van der Waals surface area contributed by atoms with E-state index in [9.17, 15) is 4.79 Å². The standard InChI is InChI=1S/C6H13NO2.H2/c1-4-5(7-2)6(8)9-3;/h5,7H,4H2,1-3H3;1H/t5-;/m0./s1. The summed E-state index contributed by atoms with van der Waals surface area (Å²) in [7, 11) is 3.13. The van der Waals surface area contributed by atoms with Crippen LogP contribution >= 0.6 is 0 Å². The van der Waals surface area contributed by atoms with Crippen LogP contribution in [0.5, 0.6) is 0 Å². The van der Waals surface area contributed by atoms with E-state index < -0.39 is 0 Å². The molecule has 1 N–H and O–H groups in total. The number of likely N-dealkylation sites (N-methyl/N-ethyl adjacent to an activating group) is 1. The molecule has 0 saturated heterocycles. The van der Waals surface area contributed by atoms with Crippen LogP contribution in [0, 0.1) is 0 Å². The van der Waals surface area contributed by atoms with Crippen molar-refractivity contribution >= 4 is 5.97 Å². The number of carbonyl (C=O) groups is 1. The molecule has 0 amide bonds. The number of rotatable bonds is 3. The normalized spacial score (nSPS) is 12.8. The number of carbonyl (C=O) groups excluding carboxylic acids is 1. The molecule has 9 heavy (non-hydrogen) atoms. The van der Waals surface area contributed by atoms with E-state index in [0.717, 1.165) is 6.42 Å². The van der Waals surface area contributed by atoms with Crippen molar-refractivity contribution < 1.29 is 11.0 Å². The molecule has 56 valence electrons. The topological polar surface area (TPSA) is 38.3 Å². The van der Waals surface area contributed by atoms with Crippen LogP contribution in [-0.4, -0.2) is 26.2 Å². The minimum absolute atomic E-state index is 0. The van der Waals surface area contributed by atoms with Gasteiger partial charge < -0.3 is 10.1 Å². The molecule has 0 fully saturated rings. The maximum Gasteiger partial charge on any atom is 0.322 e. The molecule has 1 atom stereocenters. The predicted molar refractivity (Wildman–Crippen MR) is 37.3 cm³/mol. The highest BCUT2D eigenvalue weighted by Gasteiger charge is 2.12. The average molecular weight is 133 g/mol. The molecule has 0 aromatic heterocycles. The smallest absolute Gasteiger partial charge is 0.322 e. The molecule has 0 rings (SSSR count). The molecule has 3 nitrogen and oxygen atoms in total. The number of ether oxygens (including phenoxy) is 1. The maximum atomic E-state index is 10.7. The summed E-state index contributed by atoms with van der Waals surface area (Å²) < 4.78 is 4.49. The molecule has 0 aliphatic rings. The third kappa shape index (κ3) is 2.46. The van der Waals surface area contributed by atoms with Gasteiger partial charge in [0.15, 0.2) is 0 Å². The number of methoxy groups -OCH3 is 1. The van der Waals surface area contributed by atoms with Crippen molar-refractivity contribution in [2.45, 2.75) is 19.4 Å². The Morgan fingerprint density at radius 3 is 2.56 bits per heavy atom. The molecule has 0 aliphatic carbocycles. The summed E-state index contributed by atoms with van der Waals surface area (Å²) >= 11 is 0. The third-order valence-corrected chi connectivity index (χ3v) is 1.24. The Balaban J connectivity index is 0. The second-order valence-corrected chi connectivity index (χ2v) is 1.77. The summed E-state index contributed by atoms with van der Waals surface area (Å²) in [5, 5.41) is 2.83. The summed E-state index contributed by atoms with van der Waals surface area (Å²) in [5.41, 5.74) is 0. The Labute approximate surface area is 56.9 Å². The van der Waals surface area contributed by atoms with Crippen LogP contribution in [0.25, 0.3) is 0 Å². The van der Waals surface area contributed by atoms with Crippen molar-refractivity contribution in [3.05, 3.63) is 0 Å². The molecule has 0 heterocycles. The molecular formula is C6H15NO2. The molecule has 0 aromatic rings. The largest absolute Gasteiger partial charge is 0.468 e. The zero-order chi connectivity index (χ0) is 7.28. The fraction of sp³-hybridized carbons (Fsp3) is 0.833. The highest BCUT2D eigenvalue weighted by molar-refractivity contribution is 5.75. The van der Waals surface area contributed by atoms with Crippen LogP contribution in [0.15, 0.2) is 0 Å². The summed E-state index contributed by atoms with van der Waals surface area (Å²) in [5.74, 6) is -0.194. The summed E-state index contributed by atoms with van der Waals surface area (Å²) in [6.45, 7) is 1.93. The van der Waals surface area contributed by atoms with Gasteiger partial charge in [-0.2, -0.15) is 0 Å². The van der Waals surface area contributed by atoms with Gasteiger partial charge in [-0.3, -0.25) is 4.79 Å². The van der Waals surface area contributed by atoms with Crippen LogP contribution < -0.4 is 5.32 Å². The SMILES string of the molecule is CC[C@H](NC)C(=O)OC.[HH]. The minimum Gasteiger partial charge on any atom is -0.468 e. The summed E-state index contributed by atoms with van der Waals surface area (Å²) in [6.07, 6.45) is 0.767. The quantitative estimate of drug-likeness (QED) is 0.566. The van der Waals surface area contributed by atoms with E-state index in [4.69, 9.17) is 0 Å². The van der Waals surface area contributed by atoms with Crippen molar-refractivity contribution in [1.82, 2.24) is 5.32 Å². The van der Waals surface area contributed by atoms with Crippen molar-refractivity contribution in [3.8, 4) is 0 Å². The number of hydrogen-bond donors (Lipinski definition) is 1. The molecule has 0 radical (unpaired) electrons. The van der Waals surface area contributed by atoms with E-state index in [2.05, 4.69) is 10.1 Å². The Bertz CT molecular complexity index is 93.7. The Kier molecular flexibility index (Phi) is 4.05. The lowest BCUT2D eigenvalue weighted by Crippen LogP contribution is -2.34. The van der Waals surface area contributed by atoms with Crippen LogP contribution in [0.4, 0.5) is 0 Å². The van der Waals surface area contributed by atoms with E-state index in [0.29, 0.717) is 0 Å². The van der Waals surface area contributed by atoms with E-state index in [1.165, 1.54) is 7.11 Å². The van der Waals surface area contributed by atoms with Gasteiger partial charge in [0.2, 0.25) is 0 Å². The van der Waals surface area contributed by atoms with Gasteiger partial charge in [-0.1, -0.05) is 6.92 Å². The van der Waals surface area contributed by atoms with Gasteiger partial charge in [0, 0.05) is 1.43 Å². The maximum absolute atomic E-state index is 10.7. The number of hydrogen-bond acceptors (Lipinski definition) is 3. The summed E-state index contributed by atoms with van der Waals surface area (Å²) in [6, 6.07) is -0.144. The number of esters is 1. The lowest BCUT2D eigenvalue weighted by molar-refractivity contribution is -0.143. The van der Waals surface area contributed by atoms with Gasteiger partial charge in [0.25, 0.3) is 0 Å². The van der Waals surface area contributed by atoms with Crippen LogP contribution in [0.2, 0.25) is 0 Å². The van der Waals surface area contributed by atoms with E-state index in [1.54, 1.807) is 7.05 Å². The van der Waals surface area contributed by atoms with Crippen LogP contribution in [-0.2, 0) is 9.53 Å². The summed E-state index contributed by atoms with van der Waals surface area (Å²) in [4.78, 5) is 10.7. The van der Waals surface area contributed by atoms with Crippen LogP contribution in [0.3, 0.4) is 0 Å². The van der Waals surface area contributed by atoms with Crippen molar-refractivity contribution in [2.75, 3.05) is 14.2 Å². The lowest BCUT2D eigenvalue weighted by atomic mass is 10.2. The van der Waals surface area contributed by atoms with E-state index in [-0.39, 0.29) is 13.4 Å². The monoisotopic (exact) mass is 133 g/mol. The van der Waals surface area contributed by atoms with Gasteiger partial charge in [-0.05, 0) is 13.5 Å². The molecule has 0 bridgehead atoms. The van der Waals surface area contributed by atoms with Gasteiger partial charge in [-0.25, -0.2) is 0 Å². The predicted octanol–water partition coefficient (Wildman–Crippen LogP) is 0.403. The highest BCUT2D eigenvalue weighted by atomic mass is 16.5. The van der Waals surface area contributed by atoms with Crippen molar-refractivity contribution in [3.63, 3.8) is 0 Å². The second-order valence-electron chi connectivity index (χ2n) is 1.77. The average Bonchev–Trinajstić information content (AvgIpc) is 1.90. The highest BCUT2D eigenvalue weighted by Crippen LogP contribution is 1.90. The molecule has 0 saturated carbocycles. The zero-order valence-electron chi connectivity index (χ0n) is 6.10. The van der Waals surface area contributed by atoms with E-state index in [1.807, 2.05) is 6.92 Å². The van der Waals surface area contributed by atoms with Gasteiger partial charge in [0.1, 0.15) is 6.04 Å². The first-order valence-corrected chi connectivity index (χ1v) is 3.01. The first kappa shape index (κ1) is 8.43. The minimum atomic E-state index is -0.194. The van der Waals surface area contributed by atoms with Crippen molar-refractivity contribution in [1.29, 1.82) is 0 Å². The second kappa shape index (κ2) is 4.32. The zero-order valence-corrected chi connectivity index (χ0v) is 6.10. The molecule has 0 aromatic carbocycles. The third-order valence-electron chi connectivity index (χ3n) is 1.24. The van der Waals surface area contributed by atoms with Gasteiger partial charge >= 0.3 is 5.97 Å². The van der Waals surface area contributed by atoms with Crippen LogP contribution in [0.1, 0.15) is 14.8 Å². The van der Waals surface area contributed by atoms with Crippen molar-refractivity contribution in [2.24, 2.45) is 0 Å². The molecule has 3 heteroatoms. The molecule has 0 unspecified atom stereocenters.